The number of hydrogen-bond acceptors (Lipinski definition) is 34. The van der Waals surface area contributed by atoms with Crippen LogP contribution in [0.25, 0.3) is 45.1 Å². The Labute approximate surface area is 702 Å². The van der Waals surface area contributed by atoms with Crippen molar-refractivity contribution in [1.29, 1.82) is 0 Å². The van der Waals surface area contributed by atoms with Gasteiger partial charge in [0.15, 0.2) is 28.4 Å². The van der Waals surface area contributed by atoms with Crippen molar-refractivity contribution in [2.24, 2.45) is 0 Å². The largest absolute Gasteiger partial charge is 0.501 e. The second-order valence-corrected chi connectivity index (χ2v) is 28.2. The third-order valence-corrected chi connectivity index (χ3v) is 20.0. The quantitative estimate of drug-likeness (QED) is 0.0217. The number of aromatic hydroxyl groups is 1. The zero-order chi connectivity index (χ0) is 88.8. The fourth-order valence-corrected chi connectivity index (χ4v) is 14.0. The van der Waals surface area contributed by atoms with Crippen LogP contribution in [-0.2, 0) is 18.9 Å². The molecule has 41 nitrogen and oxygen atoms in total. The average molecular weight is 1700 g/mol. The number of nitrogen functional groups attached to an aromatic ring is 1. The van der Waals surface area contributed by atoms with E-state index in [2.05, 4.69) is 73.9 Å². The molecule has 41 heteroatoms. The van der Waals surface area contributed by atoms with Gasteiger partial charge in [-0.2, -0.15) is 0 Å². The summed E-state index contributed by atoms with van der Waals surface area (Å²) in [5.41, 5.74) is 13.2. The molecule has 0 unspecified atom stereocenters. The van der Waals surface area contributed by atoms with Gasteiger partial charge in [-0.15, -0.1) is 0 Å². The number of carbonyl (C=O) groups excluding carboxylic acids is 4. The maximum atomic E-state index is 11.7. The van der Waals surface area contributed by atoms with E-state index in [1.807, 2.05) is 24.3 Å². The van der Waals surface area contributed by atoms with E-state index in [4.69, 9.17) is 44.0 Å². The second kappa shape index (κ2) is 44.9. The van der Waals surface area contributed by atoms with Crippen LogP contribution in [0.4, 0.5) is 40.5 Å². The summed E-state index contributed by atoms with van der Waals surface area (Å²) >= 11 is 0. The molecule has 0 atom stereocenters. The molecule has 11 aromatic rings. The number of aromatic nitrogens is 11. The molecule has 0 aliphatic heterocycles. The molecule has 0 bridgehead atoms. The lowest BCUT2D eigenvalue weighted by Crippen LogP contribution is -2.23. The number of fused-ring (bicyclic) bond motifs is 2. The summed E-state index contributed by atoms with van der Waals surface area (Å²) in [5, 5.41) is 66.8. The number of nitrogens with one attached hydrogen (secondary N) is 2. The molecule has 4 aliphatic rings. The summed E-state index contributed by atoms with van der Waals surface area (Å²) in [5.74, 6) is -3.18. The van der Waals surface area contributed by atoms with Gasteiger partial charge in [0, 0.05) is 44.1 Å². The number of aryl methyl sites for hydroxylation is 2. The third-order valence-electron chi connectivity index (χ3n) is 20.0. The minimum Gasteiger partial charge on any atom is -0.501 e. The number of furan rings is 2. The molecule has 0 saturated heterocycles. The van der Waals surface area contributed by atoms with E-state index in [1.165, 1.54) is 149 Å². The van der Waals surface area contributed by atoms with E-state index in [9.17, 15) is 64.4 Å². The van der Waals surface area contributed by atoms with Crippen LogP contribution in [0, 0.1) is 54.3 Å². The highest BCUT2D eigenvalue weighted by Gasteiger charge is 2.30. The van der Waals surface area contributed by atoms with Crippen LogP contribution >= 0.6 is 0 Å². The van der Waals surface area contributed by atoms with Crippen LogP contribution in [0.1, 0.15) is 204 Å². The van der Waals surface area contributed by atoms with E-state index in [1.54, 1.807) is 69.2 Å². The van der Waals surface area contributed by atoms with Crippen LogP contribution in [0.5, 0.6) is 17.2 Å². The molecular formula is C82H94N18O23. The van der Waals surface area contributed by atoms with Gasteiger partial charge in [0.2, 0.25) is 17.2 Å². The Morgan fingerprint density at radius 3 is 1.16 bits per heavy atom. The van der Waals surface area contributed by atoms with E-state index in [0.29, 0.717) is 52.3 Å². The van der Waals surface area contributed by atoms with E-state index >= 15 is 0 Å². The number of ether oxygens (including phenoxy) is 6. The first-order valence-electron chi connectivity index (χ1n) is 39.2. The smallest absolute Gasteiger partial charge is 0.407 e. The first kappa shape index (κ1) is 92.2. The molecule has 4 saturated carbocycles. The van der Waals surface area contributed by atoms with Gasteiger partial charge in [0.25, 0.3) is 11.4 Å². The van der Waals surface area contributed by atoms with Crippen molar-refractivity contribution in [2.75, 3.05) is 59.0 Å². The van der Waals surface area contributed by atoms with Crippen LogP contribution in [0.3, 0.4) is 0 Å². The van der Waals surface area contributed by atoms with Crippen molar-refractivity contribution < 1.29 is 91.1 Å². The Morgan fingerprint density at radius 1 is 0.415 bits per heavy atom. The number of aromatic carboxylic acids is 1. The summed E-state index contributed by atoms with van der Waals surface area (Å²) in [6.07, 6.45) is 30.1. The first-order chi connectivity index (χ1) is 59.2. The van der Waals surface area contributed by atoms with Crippen LogP contribution in [0.2, 0.25) is 0 Å². The normalized spacial score (nSPS) is 13.9. The topological polar surface area (TPSA) is 556 Å². The molecule has 650 valence electrons. The van der Waals surface area contributed by atoms with Gasteiger partial charge in [-0.25, -0.2) is 48.9 Å². The summed E-state index contributed by atoms with van der Waals surface area (Å²) in [7, 11) is 7.71. The number of carboxylic acids is 1. The fourth-order valence-electron chi connectivity index (χ4n) is 14.0. The number of pyridine rings is 7. The number of esters is 4. The maximum Gasteiger partial charge on any atom is 0.407 e. The lowest BCUT2D eigenvalue weighted by Gasteiger charge is -2.25. The Balaban J connectivity index is 0.000000165. The Bertz CT molecular complexity index is 5480. The van der Waals surface area contributed by atoms with Gasteiger partial charge in [0.05, 0.1) is 83.0 Å². The van der Waals surface area contributed by atoms with Crippen molar-refractivity contribution >= 4 is 92.6 Å². The molecule has 11 aromatic heterocycles. The van der Waals surface area contributed by atoms with Crippen LogP contribution in [-0.4, -0.2) is 168 Å². The second-order valence-electron chi connectivity index (χ2n) is 28.2. The van der Waals surface area contributed by atoms with Gasteiger partial charge < -0.3 is 113 Å². The molecule has 0 spiro atoms. The minimum absolute atomic E-state index is 0.00680. The molecule has 0 aromatic carbocycles. The standard InChI is InChI=1S/C18H19N3O3.C17H17N3O3.C13H17N3O4.C13H19N3O2.C8H8N2O5.C7H8N2O3.C6H6N2O3/c1-23-18(22)14-7-8-15-16(19-14)20-17(12-9-10-24-11-12)21(15)13-5-3-2-4-6-13;21-17(22)13-6-7-14-15(18-13)19-16(11-8-9-23-10-11)20(14)12-4-2-1-3-5-12;1-20-13(17)11-8-7-10(12(15-11)16(18)19)14-9-5-3-2-4-6-9;1-18-13(17)11-8-7-10(12(14)16-11)15-9-5-3-2-4-6-9;1-14-6-4-3-5(8(11)15-2)9-7(6)10(12)13;1-5-3-4-6(12-2)7(8-5)9(10)11;1-4-2-3-5(9)6(7-4)8(10)11/h7-11,13H,2-6H2,1H3;6-10,12H,1-5H2,(H,21,22);7-9,14H,2-6H2,1H3;7-9,15H,2-6H2,1H3,(H2,14,16);3-4H,1-2H3;3-4H,1-2H3;2-3,9H,1H3. The molecular weight excluding hydrogens is 1610 g/mol. The molecule has 123 heavy (non-hydrogen) atoms. The highest BCUT2D eigenvalue weighted by molar-refractivity contribution is 5.92. The number of nitro groups is 4. The van der Waals surface area contributed by atoms with E-state index in [0.717, 1.165) is 104 Å². The molecule has 4 fully saturated rings. The molecule has 11 heterocycles. The van der Waals surface area contributed by atoms with Gasteiger partial charge in [-0.1, -0.05) is 77.0 Å². The molecule has 0 radical (unpaired) electrons. The Hall–Kier alpha value is -14.7. The highest BCUT2D eigenvalue weighted by atomic mass is 16.6. The number of rotatable bonds is 19. The van der Waals surface area contributed by atoms with Crippen LogP contribution < -0.4 is 25.8 Å². The van der Waals surface area contributed by atoms with Gasteiger partial charge in [-0.05, 0) is 182 Å². The zero-order valence-corrected chi connectivity index (χ0v) is 68.8. The fraction of sp³-hybridized carbons (Fsp3) is 0.390. The summed E-state index contributed by atoms with van der Waals surface area (Å²) in [6.45, 7) is 3.30. The van der Waals surface area contributed by atoms with Crippen molar-refractivity contribution in [2.45, 2.75) is 166 Å². The maximum absolute atomic E-state index is 11.7. The Morgan fingerprint density at radius 2 is 0.764 bits per heavy atom. The van der Waals surface area contributed by atoms with Crippen molar-refractivity contribution in [3.8, 4) is 40.0 Å². The van der Waals surface area contributed by atoms with Crippen molar-refractivity contribution in [3.63, 3.8) is 0 Å². The number of nitrogens with zero attached hydrogens (tertiary/aromatic N) is 15. The molecule has 15 rings (SSSR count). The van der Waals surface area contributed by atoms with Crippen LogP contribution in [0.15, 0.2) is 131 Å². The molecule has 0 amide bonds. The monoisotopic (exact) mass is 1700 g/mol. The third kappa shape index (κ3) is 25.0. The predicted octanol–water partition coefficient (Wildman–Crippen LogP) is 15.7. The van der Waals surface area contributed by atoms with Gasteiger partial charge in [0.1, 0.15) is 47.1 Å². The number of anilines is 3. The van der Waals surface area contributed by atoms with Gasteiger partial charge in [-0.3, -0.25) is 0 Å². The summed E-state index contributed by atoms with van der Waals surface area (Å²) in [6, 6.07) is 27.1. The van der Waals surface area contributed by atoms with E-state index < -0.39 is 66.9 Å². The SMILES string of the molecule is COC(=O)c1ccc(NC2CCCCC2)c(N)n1.COC(=O)c1ccc(NC2CCCCC2)c([N+](=O)[O-])n1.COC(=O)c1ccc(OC)c([N+](=O)[O-])n1.COC(=O)c1ccc2c(n1)nc(-c1ccoc1)n2C1CCCCC1.COc1ccc(C)nc1[N+](=O)[O-].Cc1ccc(O)c([N+](=O)[O-])n1.O=C(O)c1ccc2c(n1)nc(-c1ccoc1)n2C1CCCCC1. The minimum atomic E-state index is -1.04. The first-order valence-corrected chi connectivity index (χ1v) is 39.2. The summed E-state index contributed by atoms with van der Waals surface area (Å²) < 4.78 is 42.6. The highest BCUT2D eigenvalue weighted by Crippen LogP contribution is 2.39. The van der Waals surface area contributed by atoms with Crippen molar-refractivity contribution in [1.82, 2.24) is 54.0 Å². The lowest BCUT2D eigenvalue weighted by molar-refractivity contribution is -0.390. The molecule has 6 N–H and O–H groups in total. The van der Waals surface area contributed by atoms with Crippen molar-refractivity contribution in [3.05, 3.63) is 202 Å². The summed E-state index contributed by atoms with van der Waals surface area (Å²) in [4.78, 5) is 133. The number of nitrogens with two attached hydrogens (primary N) is 1. The average Bonchev–Trinajstić information content (AvgIpc) is 1.62. The number of imidazole rings is 2. The lowest BCUT2D eigenvalue weighted by atomic mass is 9.95. The molecule has 4 aliphatic carbocycles. The zero-order valence-electron chi connectivity index (χ0n) is 68.8. The van der Waals surface area contributed by atoms with Gasteiger partial charge >= 0.3 is 53.1 Å². The number of methoxy groups -OCH3 is 6. The Kier molecular flexibility index (Phi) is 33.7. The number of carboxylic acid groups (broad SMARTS) is 1. The predicted molar refractivity (Wildman–Crippen MR) is 444 cm³/mol. The number of carbonyl (C=O) groups is 5. The van der Waals surface area contributed by atoms with E-state index in [-0.39, 0.29) is 57.6 Å². The number of hydrogen-bond donors (Lipinski definition) is 5.